The fraction of sp³-hybridized carbons (Fsp3) is 0.0714. The van der Waals surface area contributed by atoms with Crippen LogP contribution in [0.3, 0.4) is 0 Å². The smallest absolute Gasteiger partial charge is 0.146 e. The lowest BCUT2D eigenvalue weighted by molar-refractivity contribution is 0.632. The van der Waals surface area contributed by atoms with Crippen LogP contribution in [0.2, 0.25) is 0 Å². The summed E-state index contributed by atoms with van der Waals surface area (Å²) in [5, 5.41) is 0. The molecule has 2 aromatic heterocycles. The van der Waals surface area contributed by atoms with Gasteiger partial charge in [0.2, 0.25) is 0 Å². The SMILES string of the molecule is Cc1ccn2cc(-c3ccc(F)c(N)c3)nc2c1. The number of nitrogens with two attached hydrogens (primary N) is 1. The minimum Gasteiger partial charge on any atom is -0.396 e. The van der Waals surface area contributed by atoms with Crippen molar-refractivity contribution in [1.82, 2.24) is 9.38 Å². The van der Waals surface area contributed by atoms with E-state index in [9.17, 15) is 4.39 Å². The maximum atomic E-state index is 13.1. The molecule has 3 aromatic rings. The highest BCUT2D eigenvalue weighted by Gasteiger charge is 2.06. The third kappa shape index (κ3) is 1.72. The number of nitrogens with zero attached hydrogens (tertiary/aromatic N) is 2. The highest BCUT2D eigenvalue weighted by atomic mass is 19.1. The summed E-state index contributed by atoms with van der Waals surface area (Å²) in [5.41, 5.74) is 9.33. The number of anilines is 1. The highest BCUT2D eigenvalue weighted by Crippen LogP contribution is 2.23. The first-order chi connectivity index (χ1) is 8.63. The van der Waals surface area contributed by atoms with Crippen LogP contribution in [0.4, 0.5) is 10.1 Å². The Morgan fingerprint density at radius 2 is 2.06 bits per heavy atom. The average molecular weight is 241 g/mol. The van der Waals surface area contributed by atoms with Gasteiger partial charge in [0.15, 0.2) is 0 Å². The minimum absolute atomic E-state index is 0.140. The Balaban J connectivity index is 2.16. The van der Waals surface area contributed by atoms with Gasteiger partial charge in [0.05, 0.1) is 11.4 Å². The number of hydrogen-bond donors (Lipinski definition) is 1. The zero-order chi connectivity index (χ0) is 12.7. The third-order valence-electron chi connectivity index (χ3n) is 2.91. The van der Waals surface area contributed by atoms with Gasteiger partial charge < -0.3 is 10.1 Å². The van der Waals surface area contributed by atoms with Gasteiger partial charge >= 0.3 is 0 Å². The Labute approximate surface area is 104 Å². The van der Waals surface area contributed by atoms with Crippen LogP contribution in [0, 0.1) is 12.7 Å². The quantitative estimate of drug-likeness (QED) is 0.665. The number of imidazole rings is 1. The lowest BCUT2D eigenvalue weighted by Gasteiger charge is -1.99. The number of pyridine rings is 1. The monoisotopic (exact) mass is 241 g/mol. The molecule has 0 radical (unpaired) electrons. The van der Waals surface area contributed by atoms with Crippen molar-refractivity contribution in [3.8, 4) is 11.3 Å². The summed E-state index contributed by atoms with van der Waals surface area (Å²) < 4.78 is 15.1. The lowest BCUT2D eigenvalue weighted by Crippen LogP contribution is -1.90. The summed E-state index contributed by atoms with van der Waals surface area (Å²) in [4.78, 5) is 4.50. The number of benzene rings is 1. The lowest BCUT2D eigenvalue weighted by atomic mass is 10.1. The van der Waals surface area contributed by atoms with E-state index < -0.39 is 5.82 Å². The summed E-state index contributed by atoms with van der Waals surface area (Å²) in [6.07, 6.45) is 3.86. The molecule has 0 aliphatic carbocycles. The molecule has 3 nitrogen and oxygen atoms in total. The van der Waals surface area contributed by atoms with Crippen LogP contribution >= 0.6 is 0 Å². The van der Waals surface area contributed by atoms with Crippen LogP contribution in [0.1, 0.15) is 5.56 Å². The number of rotatable bonds is 1. The van der Waals surface area contributed by atoms with E-state index in [1.165, 1.54) is 6.07 Å². The van der Waals surface area contributed by atoms with Gasteiger partial charge in [-0.2, -0.15) is 0 Å². The molecule has 0 saturated carbocycles. The molecule has 2 N–H and O–H groups in total. The molecule has 0 bridgehead atoms. The zero-order valence-corrected chi connectivity index (χ0v) is 9.89. The topological polar surface area (TPSA) is 43.3 Å². The van der Waals surface area contributed by atoms with Gasteiger partial charge in [0.25, 0.3) is 0 Å². The second-order valence-corrected chi connectivity index (χ2v) is 4.33. The largest absolute Gasteiger partial charge is 0.396 e. The van der Waals surface area contributed by atoms with Crippen molar-refractivity contribution in [2.75, 3.05) is 5.73 Å². The molecule has 0 aliphatic heterocycles. The van der Waals surface area contributed by atoms with Gasteiger partial charge in [0.1, 0.15) is 11.5 Å². The molecule has 90 valence electrons. The molecule has 3 rings (SSSR count). The number of hydrogen-bond acceptors (Lipinski definition) is 2. The molecule has 4 heteroatoms. The average Bonchev–Trinajstić information content (AvgIpc) is 2.75. The summed E-state index contributed by atoms with van der Waals surface area (Å²) in [5.74, 6) is -0.404. The van der Waals surface area contributed by atoms with Crippen LogP contribution in [0.5, 0.6) is 0 Å². The van der Waals surface area contributed by atoms with Gasteiger partial charge in [-0.25, -0.2) is 9.37 Å². The zero-order valence-electron chi connectivity index (χ0n) is 9.89. The minimum atomic E-state index is -0.404. The van der Waals surface area contributed by atoms with E-state index in [4.69, 9.17) is 5.73 Å². The predicted octanol–water partition coefficient (Wildman–Crippen LogP) is 3.03. The Morgan fingerprint density at radius 1 is 1.22 bits per heavy atom. The molecule has 0 fully saturated rings. The summed E-state index contributed by atoms with van der Waals surface area (Å²) >= 11 is 0. The van der Waals surface area contributed by atoms with E-state index in [0.29, 0.717) is 0 Å². The Bertz CT molecular complexity index is 731. The van der Waals surface area contributed by atoms with Gasteiger partial charge in [-0.05, 0) is 42.8 Å². The van der Waals surface area contributed by atoms with Crippen LogP contribution in [-0.2, 0) is 0 Å². The van der Waals surface area contributed by atoms with Crippen molar-refractivity contribution < 1.29 is 4.39 Å². The molecule has 0 atom stereocenters. The Hall–Kier alpha value is -2.36. The fourth-order valence-corrected chi connectivity index (χ4v) is 1.93. The van der Waals surface area contributed by atoms with Gasteiger partial charge in [-0.3, -0.25) is 0 Å². The van der Waals surface area contributed by atoms with Gasteiger partial charge in [0, 0.05) is 18.0 Å². The van der Waals surface area contributed by atoms with Crippen molar-refractivity contribution >= 4 is 11.3 Å². The van der Waals surface area contributed by atoms with Crippen molar-refractivity contribution in [1.29, 1.82) is 0 Å². The molecule has 2 heterocycles. The van der Waals surface area contributed by atoms with E-state index in [1.54, 1.807) is 12.1 Å². The number of aryl methyl sites for hydroxylation is 1. The van der Waals surface area contributed by atoms with Crippen molar-refractivity contribution in [3.05, 3.63) is 54.1 Å². The maximum Gasteiger partial charge on any atom is 0.146 e. The first-order valence-electron chi connectivity index (χ1n) is 5.64. The van der Waals surface area contributed by atoms with Crippen LogP contribution in [0.25, 0.3) is 16.9 Å². The van der Waals surface area contributed by atoms with Crippen LogP contribution < -0.4 is 5.73 Å². The summed E-state index contributed by atoms with van der Waals surface area (Å²) in [6.45, 7) is 2.02. The third-order valence-corrected chi connectivity index (χ3v) is 2.91. The summed E-state index contributed by atoms with van der Waals surface area (Å²) in [7, 11) is 0. The fourth-order valence-electron chi connectivity index (χ4n) is 1.93. The van der Waals surface area contributed by atoms with E-state index in [0.717, 1.165) is 22.5 Å². The van der Waals surface area contributed by atoms with E-state index in [1.807, 2.05) is 35.9 Å². The van der Waals surface area contributed by atoms with Crippen molar-refractivity contribution in [2.45, 2.75) is 6.92 Å². The molecule has 0 spiro atoms. The second-order valence-electron chi connectivity index (χ2n) is 4.33. The Kier molecular flexibility index (Phi) is 2.30. The number of fused-ring (bicyclic) bond motifs is 1. The van der Waals surface area contributed by atoms with Crippen LogP contribution in [-0.4, -0.2) is 9.38 Å². The molecule has 0 unspecified atom stereocenters. The number of aromatic nitrogens is 2. The molecule has 0 aliphatic rings. The first-order valence-corrected chi connectivity index (χ1v) is 5.64. The second kappa shape index (κ2) is 3.84. The van der Waals surface area contributed by atoms with E-state index >= 15 is 0 Å². The number of nitrogen functional groups attached to an aromatic ring is 1. The standard InChI is InChI=1S/C14H12FN3/c1-9-4-5-18-8-13(17-14(18)6-9)10-2-3-11(15)12(16)7-10/h2-8H,16H2,1H3. The van der Waals surface area contributed by atoms with Crippen molar-refractivity contribution in [2.24, 2.45) is 0 Å². The van der Waals surface area contributed by atoms with Gasteiger partial charge in [-0.15, -0.1) is 0 Å². The highest BCUT2D eigenvalue weighted by molar-refractivity contribution is 5.66. The van der Waals surface area contributed by atoms with E-state index in [2.05, 4.69) is 4.98 Å². The molecule has 18 heavy (non-hydrogen) atoms. The number of halogens is 1. The maximum absolute atomic E-state index is 13.1. The molecule has 0 saturated heterocycles. The van der Waals surface area contributed by atoms with E-state index in [-0.39, 0.29) is 5.69 Å². The first kappa shape index (κ1) is 10.8. The Morgan fingerprint density at radius 3 is 2.83 bits per heavy atom. The molecule has 1 aromatic carbocycles. The van der Waals surface area contributed by atoms with Gasteiger partial charge in [-0.1, -0.05) is 0 Å². The van der Waals surface area contributed by atoms with Crippen LogP contribution in [0.15, 0.2) is 42.7 Å². The summed E-state index contributed by atoms with van der Waals surface area (Å²) in [6, 6.07) is 8.65. The predicted molar refractivity (Wildman–Crippen MR) is 69.7 cm³/mol. The molecular weight excluding hydrogens is 229 g/mol. The van der Waals surface area contributed by atoms with Crippen molar-refractivity contribution in [3.63, 3.8) is 0 Å². The molecule has 0 amide bonds. The molecular formula is C14H12FN3. The normalized spacial score (nSPS) is 11.0.